The smallest absolute Gasteiger partial charge is 0.0497 e. The van der Waals surface area contributed by atoms with E-state index in [0.29, 0.717) is 0 Å². The highest BCUT2D eigenvalue weighted by Gasteiger charge is 2.08. The molecule has 146 valence electrons. The monoisotopic (exact) mass is 381 g/mol. The average molecular weight is 382 g/mol. The van der Waals surface area contributed by atoms with Gasteiger partial charge in [-0.25, -0.2) is 0 Å². The number of fused-ring (bicyclic) bond motifs is 2. The maximum absolute atomic E-state index is 9.83. The Balaban J connectivity index is 1.40. The Morgan fingerprint density at radius 2 is 1.17 bits per heavy atom. The van der Waals surface area contributed by atoms with E-state index in [1.807, 2.05) is 6.08 Å². The van der Waals surface area contributed by atoms with Crippen molar-refractivity contribution < 1.29 is 5.11 Å². The topological polar surface area (TPSA) is 46.2 Å². The molecule has 0 aliphatic carbocycles. The van der Waals surface area contributed by atoms with Crippen LogP contribution in [-0.2, 0) is 12.8 Å². The van der Waals surface area contributed by atoms with Crippen LogP contribution in [0.25, 0.3) is 21.5 Å². The molecule has 0 aromatic heterocycles. The predicted octanol–water partition coefficient (Wildman–Crippen LogP) is 5.27. The second kappa shape index (κ2) is 9.04. The molecule has 3 N–H and O–H groups in total. The van der Waals surface area contributed by atoms with Gasteiger partial charge in [0.1, 0.15) is 0 Å². The molecule has 4 aromatic carbocycles. The highest BCUT2D eigenvalue weighted by Crippen LogP contribution is 2.19. The summed E-state index contributed by atoms with van der Waals surface area (Å²) >= 11 is 0. The summed E-state index contributed by atoms with van der Waals surface area (Å²) in [5.74, 6) is 0.0683. The first-order valence-corrected chi connectivity index (χ1v) is 10.2. The third-order valence-electron chi connectivity index (χ3n) is 5.46. The Morgan fingerprint density at radius 1 is 0.655 bits per heavy atom. The molecular formula is C27H27NO. The standard InChI is InChI=1S/C27H27NO/c28-27(18-21-10-13-24-6-2-4-8-26(24)17-21)14-11-22(19-29)15-20-9-12-23-5-1-3-7-25(23)16-20/h1-14,16-17,22,27,29H,15,18-19,28H2/b14-11+/t22?,27-/m0/s1. The highest BCUT2D eigenvalue weighted by molar-refractivity contribution is 5.83. The van der Waals surface area contributed by atoms with E-state index in [2.05, 4.69) is 91.0 Å². The van der Waals surface area contributed by atoms with E-state index in [1.54, 1.807) is 0 Å². The Bertz CT molecular complexity index is 1130. The number of rotatable bonds is 7. The summed E-state index contributed by atoms with van der Waals surface area (Å²) in [5.41, 5.74) is 8.82. The Hall–Kier alpha value is -2.94. The van der Waals surface area contributed by atoms with E-state index in [4.69, 9.17) is 5.73 Å². The number of benzene rings is 4. The fourth-order valence-electron chi connectivity index (χ4n) is 3.87. The lowest BCUT2D eigenvalue weighted by atomic mass is 9.96. The largest absolute Gasteiger partial charge is 0.396 e. The van der Waals surface area contributed by atoms with E-state index in [0.717, 1.165) is 12.8 Å². The average Bonchev–Trinajstić information content (AvgIpc) is 2.76. The normalized spacial score (nSPS) is 13.9. The summed E-state index contributed by atoms with van der Waals surface area (Å²) in [6.45, 7) is 0.117. The van der Waals surface area contributed by atoms with E-state index >= 15 is 0 Å². The van der Waals surface area contributed by atoms with Crippen LogP contribution in [0.1, 0.15) is 11.1 Å². The molecular weight excluding hydrogens is 354 g/mol. The second-order valence-electron chi connectivity index (χ2n) is 7.76. The van der Waals surface area contributed by atoms with Crippen molar-refractivity contribution in [2.45, 2.75) is 18.9 Å². The van der Waals surface area contributed by atoms with Crippen LogP contribution < -0.4 is 5.73 Å². The summed E-state index contributed by atoms with van der Waals surface area (Å²) in [4.78, 5) is 0. The zero-order valence-electron chi connectivity index (χ0n) is 16.5. The third-order valence-corrected chi connectivity index (χ3v) is 5.46. The summed E-state index contributed by atoms with van der Waals surface area (Å²) < 4.78 is 0. The highest BCUT2D eigenvalue weighted by atomic mass is 16.3. The molecule has 0 aliphatic heterocycles. The van der Waals surface area contributed by atoms with Gasteiger partial charge in [0.2, 0.25) is 0 Å². The van der Waals surface area contributed by atoms with E-state index < -0.39 is 0 Å². The van der Waals surface area contributed by atoms with Gasteiger partial charge in [0, 0.05) is 18.6 Å². The molecule has 0 fully saturated rings. The lowest BCUT2D eigenvalue weighted by molar-refractivity contribution is 0.252. The first kappa shape index (κ1) is 19.4. The van der Waals surface area contributed by atoms with Gasteiger partial charge in [-0.1, -0.05) is 97.1 Å². The third kappa shape index (κ3) is 4.92. The molecule has 4 aromatic rings. The summed E-state index contributed by atoms with van der Waals surface area (Å²) in [6.07, 6.45) is 5.70. The Morgan fingerprint density at radius 3 is 1.72 bits per heavy atom. The number of hydrogen-bond donors (Lipinski definition) is 2. The predicted molar refractivity (Wildman–Crippen MR) is 123 cm³/mol. The molecule has 0 saturated carbocycles. The number of nitrogens with two attached hydrogens (primary N) is 1. The lowest BCUT2D eigenvalue weighted by Crippen LogP contribution is -2.20. The number of hydrogen-bond acceptors (Lipinski definition) is 2. The van der Waals surface area contributed by atoms with Crippen molar-refractivity contribution in [3.63, 3.8) is 0 Å². The fraction of sp³-hybridized carbons (Fsp3) is 0.185. The van der Waals surface area contributed by atoms with Crippen LogP contribution >= 0.6 is 0 Å². The molecule has 0 heterocycles. The van der Waals surface area contributed by atoms with Crippen LogP contribution in [0.4, 0.5) is 0 Å². The minimum atomic E-state index is -0.0678. The molecule has 2 atom stereocenters. The molecule has 0 aliphatic rings. The molecule has 0 bridgehead atoms. The van der Waals surface area contributed by atoms with Crippen LogP contribution in [0.2, 0.25) is 0 Å². The van der Waals surface area contributed by atoms with Crippen LogP contribution in [-0.4, -0.2) is 17.8 Å². The van der Waals surface area contributed by atoms with Crippen molar-refractivity contribution >= 4 is 21.5 Å². The number of aliphatic hydroxyl groups excluding tert-OH is 1. The molecule has 2 nitrogen and oxygen atoms in total. The minimum Gasteiger partial charge on any atom is -0.396 e. The van der Waals surface area contributed by atoms with Crippen molar-refractivity contribution in [2.75, 3.05) is 6.61 Å². The van der Waals surface area contributed by atoms with Crippen molar-refractivity contribution in [2.24, 2.45) is 11.7 Å². The molecule has 1 unspecified atom stereocenters. The van der Waals surface area contributed by atoms with Gasteiger partial charge in [-0.15, -0.1) is 0 Å². The summed E-state index contributed by atoms with van der Waals surface area (Å²) in [5, 5.41) is 14.8. The van der Waals surface area contributed by atoms with Gasteiger partial charge in [-0.2, -0.15) is 0 Å². The summed E-state index contributed by atoms with van der Waals surface area (Å²) in [6, 6.07) is 29.7. The Labute approximate surface area is 172 Å². The zero-order valence-corrected chi connectivity index (χ0v) is 16.5. The van der Waals surface area contributed by atoms with Gasteiger partial charge in [-0.3, -0.25) is 0 Å². The van der Waals surface area contributed by atoms with Crippen LogP contribution in [0.5, 0.6) is 0 Å². The molecule has 0 radical (unpaired) electrons. The van der Waals surface area contributed by atoms with E-state index in [9.17, 15) is 5.11 Å². The molecule has 0 spiro atoms. The maximum Gasteiger partial charge on any atom is 0.0497 e. The van der Waals surface area contributed by atoms with Gasteiger partial charge in [-0.05, 0) is 45.5 Å². The molecule has 2 heteroatoms. The molecule has 0 saturated heterocycles. The van der Waals surface area contributed by atoms with E-state index in [1.165, 1.54) is 32.7 Å². The van der Waals surface area contributed by atoms with Crippen molar-refractivity contribution in [1.82, 2.24) is 0 Å². The minimum absolute atomic E-state index is 0.0678. The molecule has 4 rings (SSSR count). The quantitative estimate of drug-likeness (QED) is 0.428. The second-order valence-corrected chi connectivity index (χ2v) is 7.76. The SMILES string of the molecule is N[C@@H](/C=C/C(CO)Cc1ccc2ccccc2c1)Cc1ccc2ccccc2c1. The van der Waals surface area contributed by atoms with Gasteiger partial charge < -0.3 is 10.8 Å². The van der Waals surface area contributed by atoms with Crippen molar-refractivity contribution in [3.05, 3.63) is 108 Å². The van der Waals surface area contributed by atoms with Crippen molar-refractivity contribution in [3.8, 4) is 0 Å². The summed E-state index contributed by atoms with van der Waals surface area (Å²) in [7, 11) is 0. The van der Waals surface area contributed by atoms with Crippen LogP contribution in [0.3, 0.4) is 0 Å². The molecule has 29 heavy (non-hydrogen) atoms. The van der Waals surface area contributed by atoms with Crippen molar-refractivity contribution in [1.29, 1.82) is 0 Å². The zero-order chi connectivity index (χ0) is 20.1. The maximum atomic E-state index is 9.83. The first-order valence-electron chi connectivity index (χ1n) is 10.2. The van der Waals surface area contributed by atoms with Gasteiger partial charge in [0.05, 0.1) is 0 Å². The van der Waals surface area contributed by atoms with E-state index in [-0.39, 0.29) is 18.6 Å². The first-order chi connectivity index (χ1) is 14.2. The van der Waals surface area contributed by atoms with Gasteiger partial charge >= 0.3 is 0 Å². The molecule has 0 amide bonds. The Kier molecular flexibility index (Phi) is 6.04. The lowest BCUT2D eigenvalue weighted by Gasteiger charge is -2.13. The van der Waals surface area contributed by atoms with Crippen LogP contribution in [0.15, 0.2) is 97.1 Å². The fourth-order valence-corrected chi connectivity index (χ4v) is 3.87. The van der Waals surface area contributed by atoms with Gasteiger partial charge in [0.25, 0.3) is 0 Å². The number of aliphatic hydroxyl groups is 1. The van der Waals surface area contributed by atoms with Crippen LogP contribution in [0, 0.1) is 5.92 Å². The van der Waals surface area contributed by atoms with Gasteiger partial charge in [0.15, 0.2) is 0 Å².